The highest BCUT2D eigenvalue weighted by Crippen LogP contribution is 2.28. The molecule has 6 nitrogen and oxygen atoms in total. The third kappa shape index (κ3) is 4.22. The van der Waals surface area contributed by atoms with Crippen LogP contribution in [0.4, 0.5) is 5.69 Å². The molecule has 0 saturated carbocycles. The molecule has 3 aromatic rings. The number of aromatic nitrogens is 4. The van der Waals surface area contributed by atoms with Gasteiger partial charge in [0.2, 0.25) is 5.91 Å². The molecule has 0 aliphatic heterocycles. The molecule has 0 aliphatic rings. The number of carbonyl (C=O) groups is 1. The highest BCUT2D eigenvalue weighted by Gasteiger charge is 2.18. The average molecular weight is 386 g/mol. The van der Waals surface area contributed by atoms with Gasteiger partial charge in [-0.05, 0) is 43.0 Å². The number of aryl methyl sites for hydroxylation is 2. The minimum atomic E-state index is -0.0363. The fourth-order valence-electron chi connectivity index (χ4n) is 3.07. The van der Waals surface area contributed by atoms with E-state index in [1.54, 1.807) is 6.20 Å². The summed E-state index contributed by atoms with van der Waals surface area (Å²) in [4.78, 5) is 12.5. The number of nitrogens with one attached hydrogen (secondary N) is 1. The van der Waals surface area contributed by atoms with Crippen LogP contribution in [0.5, 0.6) is 0 Å². The molecule has 3 rings (SSSR count). The minimum absolute atomic E-state index is 0.0363. The second-order valence-electron chi connectivity index (χ2n) is 6.92. The number of hydrogen-bond donors (Lipinski definition) is 1. The third-order valence-electron chi connectivity index (χ3n) is 4.64. The molecule has 0 bridgehead atoms. The number of rotatable bonds is 6. The van der Waals surface area contributed by atoms with E-state index < -0.39 is 0 Å². The number of hydrogen-bond acceptors (Lipinski definition) is 3. The summed E-state index contributed by atoms with van der Waals surface area (Å²) in [6.07, 6.45) is 4.57. The van der Waals surface area contributed by atoms with Gasteiger partial charge >= 0.3 is 0 Å². The Labute approximate surface area is 164 Å². The van der Waals surface area contributed by atoms with E-state index in [9.17, 15) is 4.79 Å². The van der Waals surface area contributed by atoms with Crippen LogP contribution in [0.3, 0.4) is 0 Å². The van der Waals surface area contributed by atoms with Crippen molar-refractivity contribution in [2.45, 2.75) is 39.5 Å². The van der Waals surface area contributed by atoms with Crippen molar-refractivity contribution in [3.05, 3.63) is 58.6 Å². The predicted molar refractivity (Wildman–Crippen MR) is 108 cm³/mol. The Morgan fingerprint density at radius 3 is 2.67 bits per heavy atom. The Balaban J connectivity index is 1.76. The summed E-state index contributed by atoms with van der Waals surface area (Å²) in [6, 6.07) is 7.52. The predicted octanol–water partition coefficient (Wildman–Crippen LogP) is 4.26. The minimum Gasteiger partial charge on any atom is -0.323 e. The zero-order chi connectivity index (χ0) is 19.6. The summed E-state index contributed by atoms with van der Waals surface area (Å²) >= 11 is 6.11. The maximum Gasteiger partial charge on any atom is 0.224 e. The highest BCUT2D eigenvalue weighted by atomic mass is 35.5. The zero-order valence-electron chi connectivity index (χ0n) is 16.0. The molecule has 0 aliphatic carbocycles. The van der Waals surface area contributed by atoms with Crippen LogP contribution in [-0.2, 0) is 18.3 Å². The van der Waals surface area contributed by atoms with E-state index in [1.807, 2.05) is 53.8 Å². The normalized spacial score (nSPS) is 11.2. The maximum atomic E-state index is 12.5. The SMILES string of the molecule is Cc1c(CCC(=O)Nc2cnn(-c3cccc(Cl)c3)c2C(C)C)cnn1C. The fraction of sp³-hybridized carbons (Fsp3) is 0.350. The van der Waals surface area contributed by atoms with Crippen LogP contribution >= 0.6 is 11.6 Å². The number of carbonyl (C=O) groups excluding carboxylic acids is 1. The van der Waals surface area contributed by atoms with Crippen molar-refractivity contribution in [3.8, 4) is 5.69 Å². The molecule has 0 spiro atoms. The molecule has 1 aromatic carbocycles. The highest BCUT2D eigenvalue weighted by molar-refractivity contribution is 6.30. The van der Waals surface area contributed by atoms with E-state index in [0.717, 1.165) is 28.3 Å². The summed E-state index contributed by atoms with van der Waals surface area (Å²) in [7, 11) is 1.90. The fourth-order valence-corrected chi connectivity index (χ4v) is 3.26. The van der Waals surface area contributed by atoms with E-state index in [1.165, 1.54) is 0 Å². The Bertz CT molecular complexity index is 957. The Hall–Kier alpha value is -2.60. The van der Waals surface area contributed by atoms with Crippen LogP contribution in [0.2, 0.25) is 5.02 Å². The van der Waals surface area contributed by atoms with Crippen LogP contribution < -0.4 is 5.32 Å². The van der Waals surface area contributed by atoms with Crippen molar-refractivity contribution in [1.29, 1.82) is 0 Å². The zero-order valence-corrected chi connectivity index (χ0v) is 16.8. The Kier molecular flexibility index (Phi) is 5.65. The van der Waals surface area contributed by atoms with Gasteiger partial charge in [-0.25, -0.2) is 4.68 Å². The van der Waals surface area contributed by atoms with E-state index in [4.69, 9.17) is 11.6 Å². The Morgan fingerprint density at radius 2 is 2.04 bits per heavy atom. The quantitative estimate of drug-likeness (QED) is 0.689. The summed E-state index contributed by atoms with van der Waals surface area (Å²) < 4.78 is 3.65. The lowest BCUT2D eigenvalue weighted by atomic mass is 10.1. The van der Waals surface area contributed by atoms with Crippen LogP contribution in [0, 0.1) is 6.92 Å². The van der Waals surface area contributed by atoms with E-state index in [2.05, 4.69) is 29.4 Å². The van der Waals surface area contributed by atoms with Gasteiger partial charge in [-0.2, -0.15) is 10.2 Å². The number of anilines is 1. The van der Waals surface area contributed by atoms with E-state index in [0.29, 0.717) is 17.9 Å². The number of nitrogens with zero attached hydrogens (tertiary/aromatic N) is 4. The van der Waals surface area contributed by atoms with Gasteiger partial charge < -0.3 is 5.32 Å². The monoisotopic (exact) mass is 385 g/mol. The molecule has 1 amide bonds. The molecular weight excluding hydrogens is 362 g/mol. The molecule has 1 N–H and O–H groups in total. The molecule has 0 atom stereocenters. The van der Waals surface area contributed by atoms with Gasteiger partial charge in [0.05, 0.1) is 29.5 Å². The summed E-state index contributed by atoms with van der Waals surface area (Å²) in [6.45, 7) is 6.16. The molecule has 7 heteroatoms. The molecule has 0 saturated heterocycles. The van der Waals surface area contributed by atoms with Gasteiger partial charge in [-0.1, -0.05) is 31.5 Å². The lowest BCUT2D eigenvalue weighted by Gasteiger charge is -2.13. The van der Waals surface area contributed by atoms with Gasteiger partial charge in [-0.3, -0.25) is 9.48 Å². The lowest BCUT2D eigenvalue weighted by Crippen LogP contribution is -2.14. The first-order valence-electron chi connectivity index (χ1n) is 8.98. The summed E-state index contributed by atoms with van der Waals surface area (Å²) in [5, 5.41) is 12.3. The average Bonchev–Trinajstić information content (AvgIpc) is 3.17. The van der Waals surface area contributed by atoms with Gasteiger partial charge in [0, 0.05) is 24.2 Å². The van der Waals surface area contributed by atoms with Crippen LogP contribution in [-0.4, -0.2) is 25.5 Å². The first kappa shape index (κ1) is 19.2. The second-order valence-corrected chi connectivity index (χ2v) is 7.35. The van der Waals surface area contributed by atoms with Crippen LogP contribution in [0.1, 0.15) is 43.1 Å². The van der Waals surface area contributed by atoms with E-state index >= 15 is 0 Å². The first-order chi connectivity index (χ1) is 12.9. The van der Waals surface area contributed by atoms with Crippen molar-refractivity contribution in [2.24, 2.45) is 7.05 Å². The number of benzene rings is 1. The standard InChI is InChI=1S/C20H24ClN5O/c1-13(2)20-18(12-23-26(20)17-7-5-6-16(21)10-17)24-19(27)9-8-15-11-22-25(4)14(15)3/h5-7,10-13H,8-9H2,1-4H3,(H,24,27). The molecule has 142 valence electrons. The number of halogens is 1. The van der Waals surface area contributed by atoms with Gasteiger partial charge in [0.1, 0.15) is 0 Å². The summed E-state index contributed by atoms with van der Waals surface area (Å²) in [5.74, 6) is 0.146. The topological polar surface area (TPSA) is 64.7 Å². The van der Waals surface area contributed by atoms with Crippen LogP contribution in [0.25, 0.3) is 5.69 Å². The second kappa shape index (κ2) is 7.96. The maximum absolute atomic E-state index is 12.5. The molecule has 0 unspecified atom stereocenters. The third-order valence-corrected chi connectivity index (χ3v) is 4.87. The van der Waals surface area contributed by atoms with Gasteiger partial charge in [0.25, 0.3) is 0 Å². The number of amides is 1. The van der Waals surface area contributed by atoms with Crippen molar-refractivity contribution in [3.63, 3.8) is 0 Å². The van der Waals surface area contributed by atoms with Crippen molar-refractivity contribution < 1.29 is 4.79 Å². The summed E-state index contributed by atoms with van der Waals surface area (Å²) in [5.41, 5.74) is 4.73. The van der Waals surface area contributed by atoms with Gasteiger partial charge in [-0.15, -0.1) is 0 Å². The van der Waals surface area contributed by atoms with Crippen molar-refractivity contribution >= 4 is 23.2 Å². The van der Waals surface area contributed by atoms with Crippen LogP contribution in [0.15, 0.2) is 36.7 Å². The molecule has 2 heterocycles. The molecular formula is C20H24ClN5O. The van der Waals surface area contributed by atoms with E-state index in [-0.39, 0.29) is 11.8 Å². The largest absolute Gasteiger partial charge is 0.323 e. The van der Waals surface area contributed by atoms with Gasteiger partial charge in [0.15, 0.2) is 0 Å². The van der Waals surface area contributed by atoms with Crippen molar-refractivity contribution in [1.82, 2.24) is 19.6 Å². The first-order valence-corrected chi connectivity index (χ1v) is 9.35. The molecule has 0 radical (unpaired) electrons. The lowest BCUT2D eigenvalue weighted by molar-refractivity contribution is -0.116. The smallest absolute Gasteiger partial charge is 0.224 e. The van der Waals surface area contributed by atoms with Crippen molar-refractivity contribution in [2.75, 3.05) is 5.32 Å². The molecule has 2 aromatic heterocycles. The molecule has 0 fully saturated rings. The Morgan fingerprint density at radius 1 is 1.26 bits per heavy atom. The molecule has 27 heavy (non-hydrogen) atoms.